The van der Waals surface area contributed by atoms with Gasteiger partial charge in [0.15, 0.2) is 0 Å². The SMILES string of the molecule is Cc1sc(CNCCNC(=O)C(C)C)cc1Br. The summed E-state index contributed by atoms with van der Waals surface area (Å²) in [6.45, 7) is 8.23. The second kappa shape index (κ2) is 7.13. The lowest BCUT2D eigenvalue weighted by molar-refractivity contribution is -0.123. The minimum absolute atomic E-state index is 0.0610. The fourth-order valence-corrected chi connectivity index (χ4v) is 2.87. The van der Waals surface area contributed by atoms with Crippen molar-refractivity contribution in [3.05, 3.63) is 20.3 Å². The molecular formula is C12H19BrN2OS. The summed E-state index contributed by atoms with van der Waals surface area (Å²) in [5.41, 5.74) is 0. The van der Waals surface area contributed by atoms with Crippen LogP contribution < -0.4 is 10.6 Å². The fourth-order valence-electron chi connectivity index (χ4n) is 1.29. The van der Waals surface area contributed by atoms with E-state index in [0.29, 0.717) is 6.54 Å². The van der Waals surface area contributed by atoms with Gasteiger partial charge in [0.1, 0.15) is 0 Å². The maximum atomic E-state index is 11.3. The molecule has 1 rings (SSSR count). The lowest BCUT2D eigenvalue weighted by Gasteiger charge is -2.07. The molecule has 0 aliphatic rings. The zero-order valence-electron chi connectivity index (χ0n) is 10.5. The van der Waals surface area contributed by atoms with Gasteiger partial charge in [-0.25, -0.2) is 0 Å². The van der Waals surface area contributed by atoms with Crippen LogP contribution in [0.25, 0.3) is 0 Å². The summed E-state index contributed by atoms with van der Waals surface area (Å²) in [6, 6.07) is 2.14. The van der Waals surface area contributed by atoms with Crippen LogP contribution in [0.3, 0.4) is 0 Å². The maximum absolute atomic E-state index is 11.3. The molecule has 2 N–H and O–H groups in total. The minimum Gasteiger partial charge on any atom is -0.355 e. The molecule has 0 saturated heterocycles. The molecule has 0 aliphatic carbocycles. The Balaban J connectivity index is 2.14. The molecule has 0 atom stereocenters. The monoisotopic (exact) mass is 318 g/mol. The second-order valence-corrected chi connectivity index (χ2v) is 6.43. The molecule has 0 saturated carbocycles. The first-order valence-corrected chi connectivity index (χ1v) is 7.35. The van der Waals surface area contributed by atoms with Gasteiger partial charge < -0.3 is 10.6 Å². The van der Waals surface area contributed by atoms with Crippen molar-refractivity contribution in [3.8, 4) is 0 Å². The van der Waals surface area contributed by atoms with E-state index in [2.05, 4.69) is 39.6 Å². The summed E-state index contributed by atoms with van der Waals surface area (Å²) in [5, 5.41) is 6.19. The third-order valence-electron chi connectivity index (χ3n) is 2.33. The average molecular weight is 319 g/mol. The molecule has 1 aromatic rings. The van der Waals surface area contributed by atoms with Crippen LogP contribution in [0.15, 0.2) is 10.5 Å². The van der Waals surface area contributed by atoms with Crippen LogP contribution in [0.2, 0.25) is 0 Å². The van der Waals surface area contributed by atoms with Gasteiger partial charge in [-0.15, -0.1) is 11.3 Å². The van der Waals surface area contributed by atoms with Crippen LogP contribution in [-0.2, 0) is 11.3 Å². The number of thiophene rings is 1. The van der Waals surface area contributed by atoms with Gasteiger partial charge in [-0.2, -0.15) is 0 Å². The first kappa shape index (κ1) is 14.7. The molecule has 0 spiro atoms. The van der Waals surface area contributed by atoms with Crippen LogP contribution in [0.1, 0.15) is 23.6 Å². The lowest BCUT2D eigenvalue weighted by atomic mass is 10.2. The number of hydrogen-bond donors (Lipinski definition) is 2. The number of carbonyl (C=O) groups excluding carboxylic acids is 1. The third-order valence-corrected chi connectivity index (χ3v) is 4.47. The maximum Gasteiger partial charge on any atom is 0.222 e. The molecule has 3 nitrogen and oxygen atoms in total. The number of carbonyl (C=O) groups is 1. The predicted octanol–water partition coefficient (Wildman–Crippen LogP) is 2.68. The van der Waals surface area contributed by atoms with Crippen molar-refractivity contribution in [1.82, 2.24) is 10.6 Å². The smallest absolute Gasteiger partial charge is 0.222 e. The van der Waals surface area contributed by atoms with Gasteiger partial charge >= 0.3 is 0 Å². The van der Waals surface area contributed by atoms with E-state index >= 15 is 0 Å². The summed E-state index contributed by atoms with van der Waals surface area (Å²) >= 11 is 5.29. The van der Waals surface area contributed by atoms with E-state index in [1.54, 1.807) is 11.3 Å². The molecule has 0 radical (unpaired) electrons. The highest BCUT2D eigenvalue weighted by Crippen LogP contribution is 2.25. The zero-order valence-corrected chi connectivity index (χ0v) is 12.9. The summed E-state index contributed by atoms with van der Waals surface area (Å²) in [6.07, 6.45) is 0. The van der Waals surface area contributed by atoms with E-state index in [-0.39, 0.29) is 11.8 Å². The van der Waals surface area contributed by atoms with Crippen LogP contribution >= 0.6 is 27.3 Å². The minimum atomic E-state index is 0.0610. The second-order valence-electron chi connectivity index (χ2n) is 4.24. The van der Waals surface area contributed by atoms with E-state index in [4.69, 9.17) is 0 Å². The van der Waals surface area contributed by atoms with Gasteiger partial charge in [0.2, 0.25) is 5.91 Å². The highest BCUT2D eigenvalue weighted by Gasteiger charge is 2.05. The Kier molecular flexibility index (Phi) is 6.16. The molecular weight excluding hydrogens is 300 g/mol. The van der Waals surface area contributed by atoms with Crippen molar-refractivity contribution in [2.75, 3.05) is 13.1 Å². The number of amides is 1. The molecule has 1 amide bonds. The third kappa shape index (κ3) is 5.19. The van der Waals surface area contributed by atoms with Crippen LogP contribution in [0.5, 0.6) is 0 Å². The van der Waals surface area contributed by atoms with Crippen molar-refractivity contribution < 1.29 is 4.79 Å². The van der Waals surface area contributed by atoms with Gasteiger partial charge in [-0.1, -0.05) is 13.8 Å². The van der Waals surface area contributed by atoms with Crippen molar-refractivity contribution in [2.24, 2.45) is 5.92 Å². The van der Waals surface area contributed by atoms with E-state index in [0.717, 1.165) is 13.1 Å². The molecule has 0 aromatic carbocycles. The summed E-state index contributed by atoms with van der Waals surface area (Å²) in [5.74, 6) is 0.174. The van der Waals surface area contributed by atoms with Gasteiger partial charge in [0.05, 0.1) is 0 Å². The Morgan fingerprint density at radius 3 is 2.71 bits per heavy atom. The number of halogens is 1. The Morgan fingerprint density at radius 1 is 1.47 bits per heavy atom. The highest BCUT2D eigenvalue weighted by atomic mass is 79.9. The summed E-state index contributed by atoms with van der Waals surface area (Å²) in [4.78, 5) is 13.9. The van der Waals surface area contributed by atoms with Crippen molar-refractivity contribution in [1.29, 1.82) is 0 Å². The molecule has 0 fully saturated rings. The fraction of sp³-hybridized carbons (Fsp3) is 0.583. The predicted molar refractivity (Wildman–Crippen MR) is 76.3 cm³/mol. The largest absolute Gasteiger partial charge is 0.355 e. The van der Waals surface area contributed by atoms with E-state index in [1.807, 2.05) is 13.8 Å². The lowest BCUT2D eigenvalue weighted by Crippen LogP contribution is -2.33. The Morgan fingerprint density at radius 2 is 2.18 bits per heavy atom. The number of hydrogen-bond acceptors (Lipinski definition) is 3. The topological polar surface area (TPSA) is 41.1 Å². The molecule has 17 heavy (non-hydrogen) atoms. The van der Waals surface area contributed by atoms with Crippen LogP contribution in [0, 0.1) is 12.8 Å². The first-order valence-electron chi connectivity index (χ1n) is 5.74. The van der Waals surface area contributed by atoms with Gasteiger partial charge in [-0.05, 0) is 28.9 Å². The molecule has 1 heterocycles. The standard InChI is InChI=1S/C12H19BrN2OS/c1-8(2)12(16)15-5-4-14-7-10-6-11(13)9(3)17-10/h6,8,14H,4-5,7H2,1-3H3,(H,15,16). The van der Waals surface area contributed by atoms with Crippen molar-refractivity contribution in [3.63, 3.8) is 0 Å². The molecule has 0 aliphatic heterocycles. The first-order chi connectivity index (χ1) is 8.00. The molecule has 0 unspecified atom stereocenters. The summed E-state index contributed by atoms with van der Waals surface area (Å²) in [7, 11) is 0. The Labute approximate surface area is 115 Å². The van der Waals surface area contributed by atoms with Crippen molar-refractivity contribution in [2.45, 2.75) is 27.3 Å². The molecule has 1 aromatic heterocycles. The van der Waals surface area contributed by atoms with Crippen LogP contribution in [0.4, 0.5) is 0 Å². The molecule has 5 heteroatoms. The average Bonchev–Trinajstić information content (AvgIpc) is 2.57. The molecule has 96 valence electrons. The van der Waals surface area contributed by atoms with E-state index in [9.17, 15) is 4.79 Å². The quantitative estimate of drug-likeness (QED) is 0.792. The van der Waals surface area contributed by atoms with Crippen molar-refractivity contribution >= 4 is 33.2 Å². The zero-order chi connectivity index (χ0) is 12.8. The number of rotatable bonds is 6. The highest BCUT2D eigenvalue weighted by molar-refractivity contribution is 9.10. The van der Waals surface area contributed by atoms with Crippen LogP contribution in [-0.4, -0.2) is 19.0 Å². The van der Waals surface area contributed by atoms with Gasteiger partial charge in [-0.3, -0.25) is 4.79 Å². The van der Waals surface area contributed by atoms with E-state index in [1.165, 1.54) is 14.2 Å². The van der Waals surface area contributed by atoms with Gasteiger partial charge in [0.25, 0.3) is 0 Å². The number of nitrogens with one attached hydrogen (secondary N) is 2. The molecule has 0 bridgehead atoms. The Bertz CT molecular complexity index is 357. The van der Waals surface area contributed by atoms with E-state index < -0.39 is 0 Å². The summed E-state index contributed by atoms with van der Waals surface area (Å²) < 4.78 is 1.17. The Hall–Kier alpha value is -0.390. The van der Waals surface area contributed by atoms with Gasteiger partial charge in [0, 0.05) is 39.8 Å². The normalized spacial score (nSPS) is 10.9. The number of aryl methyl sites for hydroxylation is 1.